The summed E-state index contributed by atoms with van der Waals surface area (Å²) in [5.74, 6) is -0.0643. The number of hydrogen-bond donors (Lipinski definition) is 0. The van der Waals surface area contributed by atoms with Crippen LogP contribution in [0.3, 0.4) is 0 Å². The maximum absolute atomic E-state index is 13.1. The highest BCUT2D eigenvalue weighted by Gasteiger charge is 2.26. The molecule has 5 heteroatoms. The van der Waals surface area contributed by atoms with Crippen molar-refractivity contribution in [1.82, 2.24) is 4.90 Å². The van der Waals surface area contributed by atoms with E-state index in [9.17, 15) is 4.79 Å². The zero-order valence-electron chi connectivity index (χ0n) is 13.8. The van der Waals surface area contributed by atoms with Gasteiger partial charge in [-0.25, -0.2) is 0 Å². The van der Waals surface area contributed by atoms with Crippen LogP contribution >= 0.6 is 11.8 Å². The van der Waals surface area contributed by atoms with Crippen molar-refractivity contribution in [1.29, 1.82) is 10.5 Å². The van der Waals surface area contributed by atoms with Crippen LogP contribution in [0.4, 0.5) is 0 Å². The number of amides is 1. The van der Waals surface area contributed by atoms with Gasteiger partial charge in [-0.2, -0.15) is 10.5 Å². The van der Waals surface area contributed by atoms with Crippen molar-refractivity contribution < 1.29 is 4.79 Å². The zero-order valence-corrected chi connectivity index (χ0v) is 14.7. The molecule has 4 nitrogen and oxygen atoms in total. The number of nitriles is 2. The maximum atomic E-state index is 13.1. The van der Waals surface area contributed by atoms with E-state index < -0.39 is 5.25 Å². The summed E-state index contributed by atoms with van der Waals surface area (Å²) >= 11 is 1.49. The lowest BCUT2D eigenvalue weighted by molar-refractivity contribution is -0.130. The Morgan fingerprint density at radius 3 is 1.96 bits per heavy atom. The van der Waals surface area contributed by atoms with Crippen molar-refractivity contribution in [2.45, 2.75) is 23.0 Å². The number of carbonyl (C=O) groups excluding carboxylic acids is 1. The Balaban J connectivity index is 2.27. The van der Waals surface area contributed by atoms with Crippen LogP contribution in [0.5, 0.6) is 0 Å². The average molecular weight is 349 g/mol. The predicted octanol–water partition coefficient (Wildman–Crippen LogP) is 4.18. The van der Waals surface area contributed by atoms with E-state index in [4.69, 9.17) is 10.5 Å². The third kappa shape index (κ3) is 5.67. The number of rotatable bonds is 8. The molecule has 0 saturated heterocycles. The second-order valence-electron chi connectivity index (χ2n) is 5.36. The third-order valence-electron chi connectivity index (χ3n) is 3.62. The smallest absolute Gasteiger partial charge is 0.240 e. The van der Waals surface area contributed by atoms with E-state index in [1.807, 2.05) is 60.7 Å². The molecule has 0 bridgehead atoms. The van der Waals surface area contributed by atoms with Crippen molar-refractivity contribution in [2.24, 2.45) is 0 Å². The molecule has 2 rings (SSSR count). The molecular formula is C20H19N3OS. The van der Waals surface area contributed by atoms with Gasteiger partial charge in [-0.1, -0.05) is 48.5 Å². The number of hydrogen-bond acceptors (Lipinski definition) is 4. The van der Waals surface area contributed by atoms with E-state index in [1.165, 1.54) is 11.8 Å². The normalized spacial score (nSPS) is 11.1. The van der Waals surface area contributed by atoms with Gasteiger partial charge >= 0.3 is 0 Å². The Morgan fingerprint density at radius 2 is 1.44 bits per heavy atom. The Morgan fingerprint density at radius 1 is 0.920 bits per heavy atom. The van der Waals surface area contributed by atoms with Gasteiger partial charge in [0.1, 0.15) is 5.25 Å². The quantitative estimate of drug-likeness (QED) is 0.671. The van der Waals surface area contributed by atoms with Crippen molar-refractivity contribution in [2.75, 3.05) is 13.1 Å². The largest absolute Gasteiger partial charge is 0.339 e. The highest BCUT2D eigenvalue weighted by Crippen LogP contribution is 2.36. The predicted molar refractivity (Wildman–Crippen MR) is 98.5 cm³/mol. The van der Waals surface area contributed by atoms with Crippen molar-refractivity contribution in [3.63, 3.8) is 0 Å². The van der Waals surface area contributed by atoms with E-state index in [0.29, 0.717) is 13.1 Å². The number of benzene rings is 2. The number of nitrogens with zero attached hydrogens (tertiary/aromatic N) is 3. The second-order valence-corrected chi connectivity index (χ2v) is 6.54. The van der Waals surface area contributed by atoms with Gasteiger partial charge in [0.2, 0.25) is 5.91 Å². The van der Waals surface area contributed by atoms with Gasteiger partial charge in [-0.15, -0.1) is 11.8 Å². The molecule has 25 heavy (non-hydrogen) atoms. The molecule has 1 atom stereocenters. The summed E-state index contributed by atoms with van der Waals surface area (Å²) in [4.78, 5) is 15.8. The van der Waals surface area contributed by atoms with Gasteiger partial charge < -0.3 is 4.90 Å². The van der Waals surface area contributed by atoms with E-state index in [-0.39, 0.29) is 18.7 Å². The molecule has 0 N–H and O–H groups in total. The summed E-state index contributed by atoms with van der Waals surface area (Å²) < 4.78 is 0. The monoisotopic (exact) mass is 349 g/mol. The van der Waals surface area contributed by atoms with Crippen molar-refractivity contribution >= 4 is 17.7 Å². The first-order chi connectivity index (χ1) is 12.3. The number of carbonyl (C=O) groups is 1. The first-order valence-electron chi connectivity index (χ1n) is 8.05. The second kappa shape index (κ2) is 10.2. The lowest BCUT2D eigenvalue weighted by Gasteiger charge is -2.26. The average Bonchev–Trinajstić information content (AvgIpc) is 2.67. The summed E-state index contributed by atoms with van der Waals surface area (Å²) in [5.41, 5.74) is 0.917. The SMILES string of the molecule is N#CCCN(CCC#N)C(=O)[C@H](Sc1ccccc1)c1ccccc1. The zero-order chi connectivity index (χ0) is 17.9. The Bertz CT molecular complexity index is 732. The van der Waals surface area contributed by atoms with Crippen LogP contribution in [0, 0.1) is 22.7 Å². The molecule has 1 amide bonds. The van der Waals surface area contributed by atoms with Gasteiger partial charge in [0.25, 0.3) is 0 Å². The molecule has 0 aliphatic carbocycles. The Labute approximate surface area is 152 Å². The molecule has 126 valence electrons. The fourth-order valence-corrected chi connectivity index (χ4v) is 3.52. The fraction of sp³-hybridized carbons (Fsp3) is 0.250. The first-order valence-corrected chi connectivity index (χ1v) is 8.93. The molecule has 0 radical (unpaired) electrons. The van der Waals surface area contributed by atoms with E-state index in [2.05, 4.69) is 12.1 Å². The molecule has 0 unspecified atom stereocenters. The van der Waals surface area contributed by atoms with Crippen LogP contribution in [-0.2, 0) is 4.79 Å². The molecular weight excluding hydrogens is 330 g/mol. The highest BCUT2D eigenvalue weighted by atomic mass is 32.2. The van der Waals surface area contributed by atoms with E-state index >= 15 is 0 Å². The van der Waals surface area contributed by atoms with E-state index in [1.54, 1.807) is 4.90 Å². The minimum atomic E-state index is -0.402. The molecule has 0 aliphatic heterocycles. The van der Waals surface area contributed by atoms with Crippen LogP contribution in [-0.4, -0.2) is 23.9 Å². The minimum Gasteiger partial charge on any atom is -0.339 e. The molecule has 0 fully saturated rings. The third-order valence-corrected chi connectivity index (χ3v) is 4.88. The van der Waals surface area contributed by atoms with Crippen molar-refractivity contribution in [3.05, 3.63) is 66.2 Å². The van der Waals surface area contributed by atoms with Crippen LogP contribution in [0.25, 0.3) is 0 Å². The molecule has 0 spiro atoms. The number of thioether (sulfide) groups is 1. The van der Waals surface area contributed by atoms with Gasteiger partial charge in [-0.05, 0) is 17.7 Å². The van der Waals surface area contributed by atoms with Crippen LogP contribution in [0.1, 0.15) is 23.7 Å². The van der Waals surface area contributed by atoms with Gasteiger partial charge in [0.05, 0.1) is 25.0 Å². The molecule has 2 aromatic rings. The van der Waals surface area contributed by atoms with E-state index in [0.717, 1.165) is 10.5 Å². The lowest BCUT2D eigenvalue weighted by atomic mass is 10.1. The van der Waals surface area contributed by atoms with Crippen molar-refractivity contribution in [3.8, 4) is 12.1 Å². The summed E-state index contributed by atoms with van der Waals surface area (Å²) in [6.45, 7) is 0.686. The summed E-state index contributed by atoms with van der Waals surface area (Å²) in [6.07, 6.45) is 0.517. The first kappa shape index (κ1) is 18.6. The molecule has 0 heterocycles. The molecule has 2 aromatic carbocycles. The summed E-state index contributed by atoms with van der Waals surface area (Å²) in [6, 6.07) is 23.5. The molecule has 0 aliphatic rings. The molecule has 0 saturated carbocycles. The van der Waals surface area contributed by atoms with Crippen LogP contribution in [0.15, 0.2) is 65.6 Å². The molecule has 0 aromatic heterocycles. The summed E-state index contributed by atoms with van der Waals surface area (Å²) in [5, 5.41) is 17.3. The van der Waals surface area contributed by atoms with Gasteiger partial charge in [-0.3, -0.25) is 4.79 Å². The maximum Gasteiger partial charge on any atom is 0.240 e. The Hall–Kier alpha value is -2.76. The topological polar surface area (TPSA) is 67.9 Å². The van der Waals surface area contributed by atoms with Gasteiger partial charge in [0.15, 0.2) is 0 Å². The van der Waals surface area contributed by atoms with Crippen LogP contribution < -0.4 is 0 Å². The van der Waals surface area contributed by atoms with Crippen LogP contribution in [0.2, 0.25) is 0 Å². The highest BCUT2D eigenvalue weighted by molar-refractivity contribution is 8.00. The standard InChI is InChI=1S/C20H19N3OS/c21-13-7-15-23(16-8-14-22)20(24)19(17-9-3-1-4-10-17)25-18-11-5-2-6-12-18/h1-6,9-12,19H,7-8,15-16H2/t19-/m1/s1. The lowest BCUT2D eigenvalue weighted by Crippen LogP contribution is -2.35. The minimum absolute atomic E-state index is 0.0643. The summed E-state index contributed by atoms with van der Waals surface area (Å²) in [7, 11) is 0. The fourth-order valence-electron chi connectivity index (χ4n) is 2.39. The van der Waals surface area contributed by atoms with Gasteiger partial charge in [0, 0.05) is 18.0 Å². The Kier molecular flexibility index (Phi) is 7.56.